The maximum atomic E-state index is 6.12. The Morgan fingerprint density at radius 1 is 1.47 bits per heavy atom. The van der Waals surface area contributed by atoms with E-state index in [4.69, 9.17) is 11.6 Å². The third kappa shape index (κ3) is 3.44. The first-order valence-electron chi connectivity index (χ1n) is 6.09. The Morgan fingerprint density at radius 2 is 2.24 bits per heavy atom. The summed E-state index contributed by atoms with van der Waals surface area (Å²) in [4.78, 5) is 2.54. The van der Waals surface area contributed by atoms with Crippen LogP contribution in [-0.4, -0.2) is 30.6 Å². The molecule has 0 unspecified atom stereocenters. The Hall–Kier alpha value is -0.0900. The number of hydrogen-bond acceptors (Lipinski definition) is 2. The average Bonchev–Trinajstić information content (AvgIpc) is 2.21. The molecule has 1 N–H and O–H groups in total. The summed E-state index contributed by atoms with van der Waals surface area (Å²) < 4.78 is 0.968. The maximum Gasteiger partial charge on any atom is 0.0551 e. The van der Waals surface area contributed by atoms with Crippen molar-refractivity contribution in [1.82, 2.24) is 10.2 Å². The molecule has 1 aromatic rings. The Balaban J connectivity index is 2.02. The lowest BCUT2D eigenvalue weighted by Crippen LogP contribution is -2.56. The quantitative estimate of drug-likeness (QED) is 0.896. The van der Waals surface area contributed by atoms with Gasteiger partial charge in [-0.2, -0.15) is 0 Å². The van der Waals surface area contributed by atoms with E-state index in [1.807, 2.05) is 6.07 Å². The zero-order valence-corrected chi connectivity index (χ0v) is 12.4. The second-order valence-corrected chi connectivity index (χ2v) is 5.79. The van der Waals surface area contributed by atoms with E-state index in [1.165, 1.54) is 12.0 Å². The summed E-state index contributed by atoms with van der Waals surface area (Å²) in [6.45, 7) is 6.61. The number of nitrogens with zero attached hydrogens (tertiary/aromatic N) is 1. The predicted molar refractivity (Wildman–Crippen MR) is 76.5 cm³/mol. The second kappa shape index (κ2) is 6.19. The van der Waals surface area contributed by atoms with Gasteiger partial charge in [0.15, 0.2) is 0 Å². The molecule has 2 rings (SSSR count). The molecule has 1 heterocycles. The number of benzene rings is 1. The van der Waals surface area contributed by atoms with Crippen LogP contribution >= 0.6 is 27.5 Å². The van der Waals surface area contributed by atoms with Crippen molar-refractivity contribution >= 4 is 27.5 Å². The molecule has 0 aromatic heterocycles. The molecule has 4 heteroatoms. The van der Waals surface area contributed by atoms with E-state index < -0.39 is 0 Å². The molecule has 0 aliphatic carbocycles. The van der Waals surface area contributed by atoms with Crippen LogP contribution in [0, 0.1) is 0 Å². The first-order chi connectivity index (χ1) is 8.20. The van der Waals surface area contributed by atoms with Crippen molar-refractivity contribution in [3.8, 4) is 0 Å². The van der Waals surface area contributed by atoms with Gasteiger partial charge >= 0.3 is 0 Å². The molecular formula is C13H18BrClN2. The maximum absolute atomic E-state index is 6.12. The van der Waals surface area contributed by atoms with Gasteiger partial charge in [-0.15, -0.1) is 0 Å². The van der Waals surface area contributed by atoms with Crippen molar-refractivity contribution in [2.75, 3.05) is 19.6 Å². The van der Waals surface area contributed by atoms with E-state index in [0.29, 0.717) is 6.04 Å². The summed E-state index contributed by atoms with van der Waals surface area (Å²) in [5.41, 5.74) is 1.29. The summed E-state index contributed by atoms with van der Waals surface area (Å²) in [5, 5.41) is 4.13. The van der Waals surface area contributed by atoms with E-state index in [9.17, 15) is 0 Å². The van der Waals surface area contributed by atoms with Crippen LogP contribution in [0.1, 0.15) is 18.9 Å². The largest absolute Gasteiger partial charge is 0.314 e. The van der Waals surface area contributed by atoms with Crippen molar-refractivity contribution in [2.24, 2.45) is 0 Å². The molecule has 1 saturated heterocycles. The molecule has 1 aliphatic rings. The fourth-order valence-corrected chi connectivity index (χ4v) is 2.53. The molecule has 0 saturated carbocycles. The monoisotopic (exact) mass is 316 g/mol. The highest BCUT2D eigenvalue weighted by molar-refractivity contribution is 9.10. The lowest BCUT2D eigenvalue weighted by atomic mass is 10.1. The van der Waals surface area contributed by atoms with Crippen molar-refractivity contribution in [3.63, 3.8) is 0 Å². The van der Waals surface area contributed by atoms with E-state index in [1.54, 1.807) is 0 Å². The molecule has 0 spiro atoms. The van der Waals surface area contributed by atoms with Crippen molar-refractivity contribution in [1.29, 1.82) is 0 Å². The standard InChI is InChI=1S/C13H18BrClN2/c1-2-5-17(11-7-16-8-11)9-10-3-4-12(14)13(15)6-10/h3-4,6,11,16H,2,5,7-9H2,1H3. The van der Waals surface area contributed by atoms with Gasteiger partial charge in [0.25, 0.3) is 0 Å². The Bertz CT molecular complexity index is 380. The first kappa shape index (κ1) is 13.3. The smallest absolute Gasteiger partial charge is 0.0551 e. The zero-order chi connectivity index (χ0) is 12.3. The second-order valence-electron chi connectivity index (χ2n) is 4.53. The highest BCUT2D eigenvalue weighted by Crippen LogP contribution is 2.24. The van der Waals surface area contributed by atoms with Crippen molar-refractivity contribution in [2.45, 2.75) is 25.9 Å². The summed E-state index contributed by atoms with van der Waals surface area (Å²) in [5.74, 6) is 0. The van der Waals surface area contributed by atoms with Gasteiger partial charge in [0.2, 0.25) is 0 Å². The topological polar surface area (TPSA) is 15.3 Å². The molecule has 0 amide bonds. The van der Waals surface area contributed by atoms with Gasteiger partial charge in [-0.1, -0.05) is 24.6 Å². The van der Waals surface area contributed by atoms with Crippen LogP contribution in [-0.2, 0) is 6.54 Å². The molecule has 1 aromatic carbocycles. The lowest BCUT2D eigenvalue weighted by molar-refractivity contribution is 0.138. The Kier molecular flexibility index (Phi) is 4.86. The highest BCUT2D eigenvalue weighted by atomic mass is 79.9. The molecule has 0 atom stereocenters. The number of rotatable bonds is 5. The zero-order valence-electron chi connectivity index (χ0n) is 10.0. The minimum Gasteiger partial charge on any atom is -0.314 e. The first-order valence-corrected chi connectivity index (χ1v) is 7.26. The normalized spacial score (nSPS) is 16.2. The van der Waals surface area contributed by atoms with Crippen LogP contribution in [0.25, 0.3) is 0 Å². The summed E-state index contributed by atoms with van der Waals surface area (Å²) in [6, 6.07) is 6.92. The molecule has 17 heavy (non-hydrogen) atoms. The van der Waals surface area contributed by atoms with Crippen LogP contribution in [0.3, 0.4) is 0 Å². The van der Waals surface area contributed by atoms with E-state index in [-0.39, 0.29) is 0 Å². The van der Waals surface area contributed by atoms with Gasteiger partial charge in [0.1, 0.15) is 0 Å². The van der Waals surface area contributed by atoms with Gasteiger partial charge in [-0.05, 0) is 46.6 Å². The summed E-state index contributed by atoms with van der Waals surface area (Å²) in [6.07, 6.45) is 1.20. The van der Waals surface area contributed by atoms with Crippen LogP contribution in [0.4, 0.5) is 0 Å². The average molecular weight is 318 g/mol. The molecule has 1 fully saturated rings. The number of halogens is 2. The summed E-state index contributed by atoms with van der Waals surface area (Å²) >= 11 is 9.55. The van der Waals surface area contributed by atoms with E-state index >= 15 is 0 Å². The van der Waals surface area contributed by atoms with Gasteiger partial charge < -0.3 is 5.32 Å². The predicted octanol–water partition coefficient (Wildman–Crippen LogP) is 3.29. The molecule has 1 aliphatic heterocycles. The minimum absolute atomic E-state index is 0.692. The fraction of sp³-hybridized carbons (Fsp3) is 0.538. The van der Waals surface area contributed by atoms with Gasteiger partial charge in [-0.3, -0.25) is 4.90 Å². The van der Waals surface area contributed by atoms with E-state index in [2.05, 4.69) is 45.2 Å². The van der Waals surface area contributed by atoms with Gasteiger partial charge in [0.05, 0.1) is 5.02 Å². The van der Waals surface area contributed by atoms with Crippen molar-refractivity contribution < 1.29 is 0 Å². The molecule has 0 radical (unpaired) electrons. The van der Waals surface area contributed by atoms with Crippen LogP contribution < -0.4 is 5.32 Å². The molecule has 2 nitrogen and oxygen atoms in total. The van der Waals surface area contributed by atoms with E-state index in [0.717, 1.165) is 35.7 Å². The molecule has 94 valence electrons. The minimum atomic E-state index is 0.692. The molecular weight excluding hydrogens is 300 g/mol. The third-order valence-electron chi connectivity index (χ3n) is 3.16. The van der Waals surface area contributed by atoms with Crippen LogP contribution in [0.15, 0.2) is 22.7 Å². The fourth-order valence-electron chi connectivity index (χ4n) is 2.08. The Labute approximate surface area is 116 Å². The third-order valence-corrected chi connectivity index (χ3v) is 4.39. The molecule has 0 bridgehead atoms. The van der Waals surface area contributed by atoms with Crippen LogP contribution in [0.2, 0.25) is 5.02 Å². The van der Waals surface area contributed by atoms with Crippen LogP contribution in [0.5, 0.6) is 0 Å². The number of nitrogens with one attached hydrogen (secondary N) is 1. The summed E-state index contributed by atoms with van der Waals surface area (Å²) in [7, 11) is 0. The van der Waals surface area contributed by atoms with Gasteiger partial charge in [0, 0.05) is 30.1 Å². The van der Waals surface area contributed by atoms with Gasteiger partial charge in [-0.25, -0.2) is 0 Å². The highest BCUT2D eigenvalue weighted by Gasteiger charge is 2.23. The van der Waals surface area contributed by atoms with Crippen molar-refractivity contribution in [3.05, 3.63) is 33.3 Å². The SMILES string of the molecule is CCCN(Cc1ccc(Br)c(Cl)c1)C1CNC1. The number of hydrogen-bond donors (Lipinski definition) is 1. The Morgan fingerprint density at radius 3 is 2.76 bits per heavy atom. The lowest BCUT2D eigenvalue weighted by Gasteiger charge is -2.38.